The van der Waals surface area contributed by atoms with Crippen molar-refractivity contribution in [2.24, 2.45) is 0 Å². The Kier molecular flexibility index (Phi) is 2.79. The van der Waals surface area contributed by atoms with Crippen LogP contribution in [0.2, 0.25) is 0 Å². The van der Waals surface area contributed by atoms with Crippen LogP contribution in [0.1, 0.15) is 5.69 Å². The second-order valence-electron chi connectivity index (χ2n) is 3.30. The van der Waals surface area contributed by atoms with E-state index in [0.717, 1.165) is 5.56 Å². The van der Waals surface area contributed by atoms with Crippen LogP contribution in [0.3, 0.4) is 0 Å². The summed E-state index contributed by atoms with van der Waals surface area (Å²) in [5.74, 6) is 0. The lowest BCUT2D eigenvalue weighted by molar-refractivity contribution is 1.08. The van der Waals surface area contributed by atoms with Gasteiger partial charge in [-0.05, 0) is 18.2 Å². The van der Waals surface area contributed by atoms with E-state index < -0.39 is 0 Å². The van der Waals surface area contributed by atoms with Crippen molar-refractivity contribution in [3.05, 3.63) is 52.7 Å². The number of nitrogens with zero attached hydrogens (tertiary/aromatic N) is 2. The zero-order valence-electron chi connectivity index (χ0n) is 8.47. The van der Waals surface area contributed by atoms with Crippen LogP contribution in [-0.2, 0) is 6.42 Å². The highest BCUT2D eigenvalue weighted by Gasteiger charge is 2.03. The van der Waals surface area contributed by atoms with E-state index in [1.165, 1.54) is 0 Å². The van der Waals surface area contributed by atoms with E-state index in [1.54, 1.807) is 30.6 Å². The molecule has 0 saturated heterocycles. The van der Waals surface area contributed by atoms with Crippen LogP contribution in [-0.4, -0.2) is 9.97 Å². The highest BCUT2D eigenvalue weighted by atomic mass is 16.1. The van der Waals surface area contributed by atoms with Gasteiger partial charge in [-0.3, -0.25) is 9.78 Å². The van der Waals surface area contributed by atoms with Gasteiger partial charge in [0.1, 0.15) is 0 Å². The topological polar surface area (TPSA) is 69.5 Å². The molecule has 0 amide bonds. The Hall–Kier alpha value is -2.41. The predicted octanol–water partition coefficient (Wildman–Crippen LogP) is 1.50. The Morgan fingerprint density at radius 2 is 2.25 bits per heavy atom. The van der Waals surface area contributed by atoms with Gasteiger partial charge in [0.15, 0.2) is 0 Å². The minimum Gasteiger partial charge on any atom is -0.325 e. The molecular weight excluding hydrogens is 202 g/mol. The molecule has 0 radical (unpaired) electrons. The van der Waals surface area contributed by atoms with E-state index in [-0.39, 0.29) is 12.0 Å². The van der Waals surface area contributed by atoms with Crippen molar-refractivity contribution in [2.75, 3.05) is 0 Å². The summed E-state index contributed by atoms with van der Waals surface area (Å²) in [6.07, 6.45) is 3.50. The number of hydrogen-bond donors (Lipinski definition) is 1. The molecule has 16 heavy (non-hydrogen) atoms. The molecule has 1 N–H and O–H groups in total. The molecule has 2 heterocycles. The quantitative estimate of drug-likeness (QED) is 0.818. The number of hydrogen-bond acceptors (Lipinski definition) is 3. The van der Waals surface area contributed by atoms with E-state index in [9.17, 15) is 4.79 Å². The fraction of sp³-hybridized carbons (Fsp3) is 0.0833. The fourth-order valence-electron chi connectivity index (χ4n) is 1.45. The van der Waals surface area contributed by atoms with Crippen molar-refractivity contribution in [3.63, 3.8) is 0 Å². The molecule has 0 saturated carbocycles. The maximum Gasteiger partial charge on any atom is 0.256 e. The summed E-state index contributed by atoms with van der Waals surface area (Å²) in [7, 11) is 0. The van der Waals surface area contributed by atoms with Crippen molar-refractivity contribution < 1.29 is 0 Å². The molecule has 0 aliphatic rings. The Balaban J connectivity index is 2.46. The van der Waals surface area contributed by atoms with Crippen molar-refractivity contribution in [1.82, 2.24) is 9.97 Å². The standard InChI is InChI=1S/C12H9N3O/c13-6-5-10-3-4-11(12(16)15-10)9-2-1-7-14-8-9/h1-4,7-8H,5H2,(H,15,16). The van der Waals surface area contributed by atoms with Gasteiger partial charge >= 0.3 is 0 Å². The summed E-state index contributed by atoms with van der Waals surface area (Å²) < 4.78 is 0. The molecule has 2 rings (SSSR count). The molecule has 0 aliphatic carbocycles. The maximum absolute atomic E-state index is 11.7. The SMILES string of the molecule is N#CCc1ccc(-c2cccnc2)c(=O)[nH]1. The molecule has 2 aromatic rings. The third-order valence-corrected chi connectivity index (χ3v) is 2.21. The average Bonchev–Trinajstić information content (AvgIpc) is 2.31. The molecule has 0 spiro atoms. The summed E-state index contributed by atoms with van der Waals surface area (Å²) in [6.45, 7) is 0. The first-order chi connectivity index (χ1) is 7.81. The van der Waals surface area contributed by atoms with Gasteiger partial charge in [-0.1, -0.05) is 6.07 Å². The minimum absolute atomic E-state index is 0.194. The van der Waals surface area contributed by atoms with Crippen LogP contribution in [0.4, 0.5) is 0 Å². The first-order valence-electron chi connectivity index (χ1n) is 4.81. The van der Waals surface area contributed by atoms with Gasteiger partial charge in [-0.2, -0.15) is 5.26 Å². The van der Waals surface area contributed by atoms with Gasteiger partial charge in [-0.15, -0.1) is 0 Å². The Morgan fingerprint density at radius 1 is 1.38 bits per heavy atom. The molecule has 0 atom stereocenters. The van der Waals surface area contributed by atoms with Crippen LogP contribution in [0.5, 0.6) is 0 Å². The van der Waals surface area contributed by atoms with Gasteiger partial charge in [-0.25, -0.2) is 0 Å². The lowest BCUT2D eigenvalue weighted by Crippen LogP contribution is -2.10. The minimum atomic E-state index is -0.194. The van der Waals surface area contributed by atoms with Crippen LogP contribution in [0, 0.1) is 11.3 Å². The number of rotatable bonds is 2. The summed E-state index contributed by atoms with van der Waals surface area (Å²) in [5.41, 5.74) is 1.77. The van der Waals surface area contributed by atoms with Crippen LogP contribution in [0.15, 0.2) is 41.5 Å². The zero-order chi connectivity index (χ0) is 11.4. The number of H-pyrrole nitrogens is 1. The molecule has 0 aromatic carbocycles. The van der Waals surface area contributed by atoms with Gasteiger partial charge in [0, 0.05) is 29.2 Å². The average molecular weight is 211 g/mol. The predicted molar refractivity (Wildman–Crippen MR) is 59.6 cm³/mol. The third kappa shape index (κ3) is 1.98. The summed E-state index contributed by atoms with van der Waals surface area (Å²) in [6, 6.07) is 9.04. The molecule has 4 heteroatoms. The van der Waals surface area contributed by atoms with Crippen LogP contribution in [0.25, 0.3) is 11.1 Å². The lowest BCUT2D eigenvalue weighted by Gasteiger charge is -2.00. The fourth-order valence-corrected chi connectivity index (χ4v) is 1.45. The van der Waals surface area contributed by atoms with Crippen molar-refractivity contribution in [3.8, 4) is 17.2 Å². The highest BCUT2D eigenvalue weighted by molar-refractivity contribution is 5.60. The normalized spacial score (nSPS) is 9.69. The van der Waals surface area contributed by atoms with Gasteiger partial charge in [0.05, 0.1) is 12.5 Å². The van der Waals surface area contributed by atoms with E-state index >= 15 is 0 Å². The lowest BCUT2D eigenvalue weighted by atomic mass is 10.1. The second kappa shape index (κ2) is 4.41. The Bertz CT molecular complexity index is 581. The molecule has 4 nitrogen and oxygen atoms in total. The van der Waals surface area contributed by atoms with Crippen molar-refractivity contribution >= 4 is 0 Å². The number of pyridine rings is 2. The Labute approximate surface area is 92.2 Å². The summed E-state index contributed by atoms with van der Waals surface area (Å²) in [4.78, 5) is 18.3. The monoisotopic (exact) mass is 211 g/mol. The zero-order valence-corrected chi connectivity index (χ0v) is 8.47. The number of aromatic nitrogens is 2. The molecule has 2 aromatic heterocycles. The molecule has 0 unspecified atom stereocenters. The second-order valence-corrected chi connectivity index (χ2v) is 3.30. The number of nitriles is 1. The number of nitrogens with one attached hydrogen (secondary N) is 1. The van der Waals surface area contributed by atoms with Crippen molar-refractivity contribution in [1.29, 1.82) is 5.26 Å². The molecule has 78 valence electrons. The highest BCUT2D eigenvalue weighted by Crippen LogP contribution is 2.12. The molecular formula is C12H9N3O. The van der Waals surface area contributed by atoms with E-state index in [1.807, 2.05) is 12.1 Å². The van der Waals surface area contributed by atoms with E-state index in [4.69, 9.17) is 5.26 Å². The number of aromatic amines is 1. The van der Waals surface area contributed by atoms with Crippen LogP contribution >= 0.6 is 0 Å². The summed E-state index contributed by atoms with van der Waals surface area (Å²) >= 11 is 0. The summed E-state index contributed by atoms with van der Waals surface area (Å²) in [5, 5.41) is 8.51. The Morgan fingerprint density at radius 3 is 2.88 bits per heavy atom. The molecule has 0 fully saturated rings. The molecule has 0 bridgehead atoms. The van der Waals surface area contributed by atoms with E-state index in [0.29, 0.717) is 11.3 Å². The maximum atomic E-state index is 11.7. The van der Waals surface area contributed by atoms with Crippen LogP contribution < -0.4 is 5.56 Å². The first kappa shape index (κ1) is 10.1. The van der Waals surface area contributed by atoms with Gasteiger partial charge < -0.3 is 4.98 Å². The van der Waals surface area contributed by atoms with E-state index in [2.05, 4.69) is 9.97 Å². The molecule has 0 aliphatic heterocycles. The first-order valence-corrected chi connectivity index (χ1v) is 4.81. The smallest absolute Gasteiger partial charge is 0.256 e. The third-order valence-electron chi connectivity index (χ3n) is 2.21. The van der Waals surface area contributed by atoms with Gasteiger partial charge in [0.25, 0.3) is 5.56 Å². The van der Waals surface area contributed by atoms with Crippen molar-refractivity contribution in [2.45, 2.75) is 6.42 Å². The van der Waals surface area contributed by atoms with Gasteiger partial charge in [0.2, 0.25) is 0 Å². The largest absolute Gasteiger partial charge is 0.325 e.